The summed E-state index contributed by atoms with van der Waals surface area (Å²) in [6.07, 6.45) is 8.20. The Morgan fingerprint density at radius 3 is 2.84 bits per heavy atom. The maximum Gasteiger partial charge on any atom is 0.0480 e. The molecule has 100 valence electrons. The Balaban J connectivity index is 1.61. The van der Waals surface area contributed by atoms with E-state index in [-0.39, 0.29) is 0 Å². The first-order valence-corrected chi connectivity index (χ1v) is 7.61. The molecule has 0 saturated heterocycles. The third-order valence-electron chi connectivity index (χ3n) is 5.39. The Morgan fingerprint density at radius 1 is 1.16 bits per heavy atom. The van der Waals surface area contributed by atoms with Gasteiger partial charge in [-0.3, -0.25) is 0 Å². The molecular weight excluding hydrogens is 232 g/mol. The van der Waals surface area contributed by atoms with Gasteiger partial charge in [-0.1, -0.05) is 12.5 Å². The standard InChI is InChI=1S/C17H22N2/c18-10-13-2-4-17-15(9-13)5-6-19(17)11-16-8-12-1-3-14(16)7-12/h2,4-6,9,12,14,16H,1,3,7-8,10-11,18H2. The Morgan fingerprint density at radius 2 is 2.11 bits per heavy atom. The molecule has 4 rings (SSSR count). The number of nitrogens with zero attached hydrogens (tertiary/aromatic N) is 1. The molecule has 1 heterocycles. The second-order valence-electron chi connectivity index (χ2n) is 6.50. The molecule has 0 radical (unpaired) electrons. The van der Waals surface area contributed by atoms with E-state index < -0.39 is 0 Å². The van der Waals surface area contributed by atoms with Crippen molar-refractivity contribution >= 4 is 10.9 Å². The van der Waals surface area contributed by atoms with E-state index in [2.05, 4.69) is 35.0 Å². The summed E-state index contributed by atoms with van der Waals surface area (Å²) < 4.78 is 2.46. The summed E-state index contributed by atoms with van der Waals surface area (Å²) >= 11 is 0. The van der Waals surface area contributed by atoms with Crippen molar-refractivity contribution < 1.29 is 0 Å². The van der Waals surface area contributed by atoms with Crippen molar-refractivity contribution in [2.75, 3.05) is 0 Å². The highest BCUT2D eigenvalue weighted by Gasteiger charge is 2.39. The summed E-state index contributed by atoms with van der Waals surface area (Å²) in [6, 6.07) is 8.87. The fourth-order valence-electron chi connectivity index (χ4n) is 4.39. The van der Waals surface area contributed by atoms with E-state index in [1.54, 1.807) is 0 Å². The fourth-order valence-corrected chi connectivity index (χ4v) is 4.39. The minimum atomic E-state index is 0.632. The van der Waals surface area contributed by atoms with Gasteiger partial charge in [0.1, 0.15) is 0 Å². The van der Waals surface area contributed by atoms with Gasteiger partial charge in [0.05, 0.1) is 0 Å². The second kappa shape index (κ2) is 4.38. The number of nitrogens with two attached hydrogens (primary N) is 1. The Kier molecular flexibility index (Phi) is 2.66. The maximum absolute atomic E-state index is 5.71. The number of fused-ring (bicyclic) bond motifs is 3. The van der Waals surface area contributed by atoms with Crippen molar-refractivity contribution in [2.45, 2.75) is 38.8 Å². The van der Waals surface area contributed by atoms with Crippen molar-refractivity contribution in [3.8, 4) is 0 Å². The number of hydrogen-bond donors (Lipinski definition) is 1. The minimum Gasteiger partial charge on any atom is -0.347 e. The van der Waals surface area contributed by atoms with E-state index in [4.69, 9.17) is 5.73 Å². The molecule has 1 aromatic heterocycles. The molecule has 2 fully saturated rings. The predicted molar refractivity (Wildman–Crippen MR) is 78.8 cm³/mol. The van der Waals surface area contributed by atoms with E-state index >= 15 is 0 Å². The van der Waals surface area contributed by atoms with Crippen LogP contribution in [0.3, 0.4) is 0 Å². The summed E-state index contributed by atoms with van der Waals surface area (Å²) in [5.74, 6) is 2.97. The molecule has 2 aromatic rings. The van der Waals surface area contributed by atoms with E-state index in [0.717, 1.165) is 17.8 Å². The highest BCUT2D eigenvalue weighted by molar-refractivity contribution is 5.80. The van der Waals surface area contributed by atoms with Crippen LogP contribution in [0.25, 0.3) is 10.9 Å². The molecular formula is C17H22N2. The molecule has 0 spiro atoms. The number of hydrogen-bond acceptors (Lipinski definition) is 1. The van der Waals surface area contributed by atoms with Crippen LogP contribution in [0, 0.1) is 17.8 Å². The van der Waals surface area contributed by atoms with Crippen LogP contribution in [0.4, 0.5) is 0 Å². The van der Waals surface area contributed by atoms with Crippen LogP contribution in [-0.2, 0) is 13.1 Å². The second-order valence-corrected chi connectivity index (χ2v) is 6.50. The summed E-state index contributed by atoms with van der Waals surface area (Å²) in [5, 5.41) is 1.34. The monoisotopic (exact) mass is 254 g/mol. The van der Waals surface area contributed by atoms with Gasteiger partial charge >= 0.3 is 0 Å². The van der Waals surface area contributed by atoms with Gasteiger partial charge in [0.2, 0.25) is 0 Å². The summed E-state index contributed by atoms with van der Waals surface area (Å²) in [4.78, 5) is 0. The molecule has 2 aliphatic carbocycles. The molecule has 2 N–H and O–H groups in total. The summed E-state index contributed by atoms with van der Waals surface area (Å²) in [7, 11) is 0. The molecule has 1 aromatic carbocycles. The van der Waals surface area contributed by atoms with Crippen LogP contribution in [0.1, 0.15) is 31.2 Å². The lowest BCUT2D eigenvalue weighted by molar-refractivity contribution is 0.299. The smallest absolute Gasteiger partial charge is 0.0480 e. The van der Waals surface area contributed by atoms with Gasteiger partial charge in [0.15, 0.2) is 0 Å². The SMILES string of the molecule is NCc1ccc2c(ccn2CC2CC3CCC2C3)c1. The highest BCUT2D eigenvalue weighted by atomic mass is 15.0. The first-order valence-electron chi connectivity index (χ1n) is 7.61. The topological polar surface area (TPSA) is 30.9 Å². The van der Waals surface area contributed by atoms with Crippen LogP contribution in [0.15, 0.2) is 30.5 Å². The number of aromatic nitrogens is 1. The zero-order chi connectivity index (χ0) is 12.8. The number of rotatable bonds is 3. The van der Waals surface area contributed by atoms with Crippen LogP contribution < -0.4 is 5.73 Å². The molecule has 2 bridgehead atoms. The van der Waals surface area contributed by atoms with Gasteiger partial charge in [0.25, 0.3) is 0 Å². The normalized spacial score (nSPS) is 29.4. The lowest BCUT2D eigenvalue weighted by Crippen LogP contribution is -2.16. The zero-order valence-electron chi connectivity index (χ0n) is 11.4. The Bertz CT molecular complexity index is 598. The van der Waals surface area contributed by atoms with Crippen LogP contribution in [0.5, 0.6) is 0 Å². The van der Waals surface area contributed by atoms with Gasteiger partial charge in [-0.25, -0.2) is 0 Å². The summed E-state index contributed by atoms with van der Waals surface area (Å²) in [6.45, 7) is 1.85. The quantitative estimate of drug-likeness (QED) is 0.892. The van der Waals surface area contributed by atoms with E-state index in [9.17, 15) is 0 Å². The van der Waals surface area contributed by atoms with E-state index in [1.807, 2.05) is 0 Å². The summed E-state index contributed by atoms with van der Waals surface area (Å²) in [5.41, 5.74) is 8.32. The average molecular weight is 254 g/mol. The van der Waals surface area contributed by atoms with Crippen molar-refractivity contribution in [2.24, 2.45) is 23.5 Å². The molecule has 3 atom stereocenters. The molecule has 0 amide bonds. The Labute approximate surface area is 114 Å². The van der Waals surface area contributed by atoms with E-state index in [1.165, 1.54) is 48.7 Å². The third kappa shape index (κ3) is 1.90. The first-order chi connectivity index (χ1) is 9.33. The highest BCUT2D eigenvalue weighted by Crippen LogP contribution is 2.49. The fraction of sp³-hybridized carbons (Fsp3) is 0.529. The van der Waals surface area contributed by atoms with Crippen LogP contribution >= 0.6 is 0 Å². The third-order valence-corrected chi connectivity index (χ3v) is 5.39. The van der Waals surface area contributed by atoms with Crippen LogP contribution in [-0.4, -0.2) is 4.57 Å². The minimum absolute atomic E-state index is 0.632. The molecule has 2 heteroatoms. The molecule has 19 heavy (non-hydrogen) atoms. The predicted octanol–water partition coefficient (Wildman–Crippen LogP) is 3.54. The van der Waals surface area contributed by atoms with Crippen LogP contribution in [0.2, 0.25) is 0 Å². The van der Waals surface area contributed by atoms with Gasteiger partial charge in [-0.05, 0) is 66.2 Å². The molecule has 2 nitrogen and oxygen atoms in total. The number of benzene rings is 1. The van der Waals surface area contributed by atoms with Gasteiger partial charge in [0, 0.05) is 24.8 Å². The zero-order valence-corrected chi connectivity index (χ0v) is 11.4. The van der Waals surface area contributed by atoms with Crippen molar-refractivity contribution in [3.05, 3.63) is 36.0 Å². The van der Waals surface area contributed by atoms with Gasteiger partial charge in [-0.15, -0.1) is 0 Å². The first kappa shape index (κ1) is 11.5. The largest absolute Gasteiger partial charge is 0.347 e. The van der Waals surface area contributed by atoms with E-state index in [0.29, 0.717) is 6.54 Å². The molecule has 0 aliphatic heterocycles. The molecule has 3 unspecified atom stereocenters. The van der Waals surface area contributed by atoms with Crippen molar-refractivity contribution in [1.82, 2.24) is 4.57 Å². The van der Waals surface area contributed by atoms with Crippen molar-refractivity contribution in [3.63, 3.8) is 0 Å². The molecule has 2 aliphatic rings. The average Bonchev–Trinajstić information content (AvgIpc) is 3.14. The van der Waals surface area contributed by atoms with Gasteiger partial charge < -0.3 is 10.3 Å². The Hall–Kier alpha value is -1.28. The molecule has 2 saturated carbocycles. The van der Waals surface area contributed by atoms with Gasteiger partial charge in [-0.2, -0.15) is 0 Å². The van der Waals surface area contributed by atoms with Crippen molar-refractivity contribution in [1.29, 1.82) is 0 Å². The lowest BCUT2D eigenvalue weighted by Gasteiger charge is -2.22. The maximum atomic E-state index is 5.71. The lowest BCUT2D eigenvalue weighted by atomic mass is 9.89.